The van der Waals surface area contributed by atoms with Crippen molar-refractivity contribution in [2.45, 2.75) is 24.2 Å². The standard InChI is InChI=1S/C17H23ClN2O6S2/c18-15-2-1-14(28(24,25)20-5-7-26-8-6-20)12-16(15)19-17(21)11-13-3-9-27(22,23)10-4-13/h1-2,12-13H,3-11H2,(H,19,21). The van der Waals surface area contributed by atoms with Gasteiger partial charge in [-0.2, -0.15) is 4.31 Å². The molecule has 11 heteroatoms. The van der Waals surface area contributed by atoms with E-state index >= 15 is 0 Å². The third-order valence-corrected chi connectivity index (χ3v) is 8.91. The molecule has 2 aliphatic rings. The Balaban J connectivity index is 1.68. The third kappa shape index (κ3) is 5.24. The van der Waals surface area contributed by atoms with Crippen molar-refractivity contribution in [2.75, 3.05) is 43.1 Å². The number of halogens is 1. The van der Waals surface area contributed by atoms with Crippen LogP contribution in [0.4, 0.5) is 5.69 Å². The topological polar surface area (TPSA) is 110 Å². The molecule has 0 radical (unpaired) electrons. The molecule has 156 valence electrons. The lowest BCUT2D eigenvalue weighted by atomic mass is 9.98. The molecule has 0 aromatic heterocycles. The van der Waals surface area contributed by atoms with Crippen LogP contribution in [-0.2, 0) is 29.4 Å². The summed E-state index contributed by atoms with van der Waals surface area (Å²) >= 11 is 6.13. The van der Waals surface area contributed by atoms with E-state index in [4.69, 9.17) is 16.3 Å². The second-order valence-electron chi connectivity index (χ2n) is 7.01. The Morgan fingerprint density at radius 2 is 1.86 bits per heavy atom. The number of rotatable bonds is 5. The van der Waals surface area contributed by atoms with Gasteiger partial charge in [0.15, 0.2) is 0 Å². The van der Waals surface area contributed by atoms with E-state index in [9.17, 15) is 21.6 Å². The fourth-order valence-corrected chi connectivity index (χ4v) is 6.49. The van der Waals surface area contributed by atoms with Crippen LogP contribution >= 0.6 is 11.6 Å². The summed E-state index contributed by atoms with van der Waals surface area (Å²) in [5, 5.41) is 2.90. The molecule has 2 fully saturated rings. The van der Waals surface area contributed by atoms with Crippen LogP contribution in [-0.4, -0.2) is 64.9 Å². The highest BCUT2D eigenvalue weighted by atomic mass is 35.5. The molecule has 1 amide bonds. The summed E-state index contributed by atoms with van der Waals surface area (Å²) in [6.45, 7) is 1.23. The highest BCUT2D eigenvalue weighted by Crippen LogP contribution is 2.28. The maximum absolute atomic E-state index is 12.8. The van der Waals surface area contributed by atoms with E-state index < -0.39 is 19.9 Å². The lowest BCUT2D eigenvalue weighted by Gasteiger charge is -2.26. The average molecular weight is 451 g/mol. The molecule has 28 heavy (non-hydrogen) atoms. The van der Waals surface area contributed by atoms with Crippen molar-refractivity contribution >= 4 is 43.1 Å². The molecule has 0 atom stereocenters. The molecule has 2 heterocycles. The predicted molar refractivity (Wildman–Crippen MR) is 106 cm³/mol. The van der Waals surface area contributed by atoms with Crippen LogP contribution in [0.3, 0.4) is 0 Å². The van der Waals surface area contributed by atoms with Crippen molar-refractivity contribution in [3.63, 3.8) is 0 Å². The molecule has 8 nitrogen and oxygen atoms in total. The number of hydrogen-bond acceptors (Lipinski definition) is 6. The molecule has 2 aliphatic heterocycles. The molecule has 0 spiro atoms. The van der Waals surface area contributed by atoms with Gasteiger partial charge in [-0.05, 0) is 37.0 Å². The molecule has 1 aromatic rings. The van der Waals surface area contributed by atoms with E-state index in [2.05, 4.69) is 5.32 Å². The van der Waals surface area contributed by atoms with Crippen molar-refractivity contribution in [2.24, 2.45) is 5.92 Å². The Hall–Kier alpha value is -1.20. The number of ether oxygens (including phenoxy) is 1. The number of sulfonamides is 1. The summed E-state index contributed by atoms with van der Waals surface area (Å²) in [4.78, 5) is 12.4. The molecular formula is C17H23ClN2O6S2. The maximum Gasteiger partial charge on any atom is 0.243 e. The fourth-order valence-electron chi connectivity index (χ4n) is 3.30. The summed E-state index contributed by atoms with van der Waals surface area (Å²) in [6.07, 6.45) is 1.08. The van der Waals surface area contributed by atoms with Crippen LogP contribution in [0.2, 0.25) is 5.02 Å². The van der Waals surface area contributed by atoms with Crippen LogP contribution in [0.5, 0.6) is 0 Å². The van der Waals surface area contributed by atoms with Gasteiger partial charge in [0, 0.05) is 19.5 Å². The SMILES string of the molecule is O=C(CC1CCS(=O)(=O)CC1)Nc1cc(S(=O)(=O)N2CCOCC2)ccc1Cl. The largest absolute Gasteiger partial charge is 0.379 e. The Morgan fingerprint density at radius 1 is 1.21 bits per heavy atom. The number of benzene rings is 1. The normalized spacial score (nSPS) is 21.3. The predicted octanol–water partition coefficient (Wildman–Crippen LogP) is 1.51. The first kappa shape index (κ1) is 21.5. The molecule has 0 saturated carbocycles. The molecule has 0 aliphatic carbocycles. The average Bonchev–Trinajstić information content (AvgIpc) is 2.66. The first-order chi connectivity index (χ1) is 13.2. The minimum Gasteiger partial charge on any atom is -0.379 e. The summed E-state index contributed by atoms with van der Waals surface area (Å²) in [5.41, 5.74) is 0.226. The highest BCUT2D eigenvalue weighted by Gasteiger charge is 2.28. The van der Waals surface area contributed by atoms with Crippen molar-refractivity contribution in [3.8, 4) is 0 Å². The molecule has 1 aromatic carbocycles. The number of sulfone groups is 1. The van der Waals surface area contributed by atoms with Gasteiger partial charge in [-0.15, -0.1) is 0 Å². The van der Waals surface area contributed by atoms with E-state index in [1.807, 2.05) is 0 Å². The van der Waals surface area contributed by atoms with Crippen molar-refractivity contribution in [3.05, 3.63) is 23.2 Å². The number of morpholine rings is 1. The Morgan fingerprint density at radius 3 is 2.50 bits per heavy atom. The minimum atomic E-state index is -3.70. The molecule has 2 saturated heterocycles. The number of hydrogen-bond donors (Lipinski definition) is 1. The molecular weight excluding hydrogens is 428 g/mol. The summed E-state index contributed by atoms with van der Waals surface area (Å²) in [7, 11) is -6.68. The lowest BCUT2D eigenvalue weighted by molar-refractivity contribution is -0.117. The van der Waals surface area contributed by atoms with Crippen LogP contribution in [0.25, 0.3) is 0 Å². The number of nitrogens with zero attached hydrogens (tertiary/aromatic N) is 1. The van der Waals surface area contributed by atoms with Gasteiger partial charge in [-0.3, -0.25) is 4.79 Å². The summed E-state index contributed by atoms with van der Waals surface area (Å²) in [6, 6.07) is 4.21. The van der Waals surface area contributed by atoms with Gasteiger partial charge < -0.3 is 10.1 Å². The second kappa shape index (κ2) is 8.66. The smallest absolute Gasteiger partial charge is 0.243 e. The van der Waals surface area contributed by atoms with E-state index in [1.54, 1.807) is 0 Å². The summed E-state index contributed by atoms with van der Waals surface area (Å²) in [5.74, 6) is -0.132. The fraction of sp³-hybridized carbons (Fsp3) is 0.588. The van der Waals surface area contributed by atoms with E-state index in [1.165, 1.54) is 22.5 Å². The zero-order valence-corrected chi connectivity index (χ0v) is 17.7. The highest BCUT2D eigenvalue weighted by molar-refractivity contribution is 7.91. The van der Waals surface area contributed by atoms with Crippen LogP contribution in [0.15, 0.2) is 23.1 Å². The van der Waals surface area contributed by atoms with Gasteiger partial charge in [0.25, 0.3) is 0 Å². The molecule has 0 bridgehead atoms. The second-order valence-corrected chi connectivity index (χ2v) is 11.7. The maximum atomic E-state index is 12.8. The van der Waals surface area contributed by atoms with Gasteiger partial charge in [0.1, 0.15) is 9.84 Å². The van der Waals surface area contributed by atoms with Crippen LogP contribution in [0, 0.1) is 5.92 Å². The minimum absolute atomic E-state index is 0.0115. The molecule has 1 N–H and O–H groups in total. The van der Waals surface area contributed by atoms with Crippen LogP contribution in [0.1, 0.15) is 19.3 Å². The Kier molecular flexibility index (Phi) is 6.65. The van der Waals surface area contributed by atoms with E-state index in [0.717, 1.165) is 0 Å². The number of amides is 1. The zero-order valence-electron chi connectivity index (χ0n) is 15.3. The quantitative estimate of drug-likeness (QED) is 0.728. The van der Waals surface area contributed by atoms with Crippen molar-refractivity contribution in [1.29, 1.82) is 0 Å². The summed E-state index contributed by atoms with van der Waals surface area (Å²) < 4.78 is 55.1. The first-order valence-corrected chi connectivity index (χ1v) is 12.7. The number of nitrogens with one attached hydrogen (secondary N) is 1. The Labute approximate surface area is 170 Å². The monoisotopic (exact) mass is 450 g/mol. The number of carbonyl (C=O) groups is 1. The Bertz CT molecular complexity index is 928. The lowest BCUT2D eigenvalue weighted by Crippen LogP contribution is -2.40. The number of carbonyl (C=O) groups excluding carboxylic acids is 1. The van der Waals surface area contributed by atoms with Crippen LogP contribution < -0.4 is 5.32 Å². The van der Waals surface area contributed by atoms with Crippen molar-refractivity contribution < 1.29 is 26.4 Å². The van der Waals surface area contributed by atoms with E-state index in [-0.39, 0.29) is 58.4 Å². The molecule has 0 unspecified atom stereocenters. The van der Waals surface area contributed by atoms with Gasteiger partial charge >= 0.3 is 0 Å². The van der Waals surface area contributed by atoms with Gasteiger partial charge in [-0.25, -0.2) is 16.8 Å². The molecule has 3 rings (SSSR count). The van der Waals surface area contributed by atoms with E-state index in [0.29, 0.717) is 26.1 Å². The van der Waals surface area contributed by atoms with Gasteiger partial charge in [0.2, 0.25) is 15.9 Å². The zero-order chi connectivity index (χ0) is 20.4. The van der Waals surface area contributed by atoms with Gasteiger partial charge in [-0.1, -0.05) is 11.6 Å². The van der Waals surface area contributed by atoms with Gasteiger partial charge in [0.05, 0.1) is 40.3 Å². The van der Waals surface area contributed by atoms with Crippen molar-refractivity contribution in [1.82, 2.24) is 4.31 Å². The first-order valence-electron chi connectivity index (χ1n) is 9.05. The number of anilines is 1. The third-order valence-electron chi connectivity index (χ3n) is 4.97.